The fourth-order valence-corrected chi connectivity index (χ4v) is 4.03. The SMILES string of the molecule is COC1(c2nc(Cl)c3c(n2)CCCCC3)CCCCCC1. The fourth-order valence-electron chi connectivity index (χ4n) is 3.75. The van der Waals surface area contributed by atoms with Gasteiger partial charge in [-0.15, -0.1) is 0 Å². The minimum absolute atomic E-state index is 0.318. The van der Waals surface area contributed by atoms with E-state index in [1.165, 1.54) is 56.2 Å². The summed E-state index contributed by atoms with van der Waals surface area (Å²) in [4.78, 5) is 9.59. The zero-order valence-corrected chi connectivity index (χ0v) is 13.7. The summed E-state index contributed by atoms with van der Waals surface area (Å²) in [7, 11) is 1.80. The standard InChI is InChI=1S/C17H25ClN2O/c1-21-17(11-7-2-3-8-12-17)16-19-14-10-6-4-5-9-13(14)15(18)20-16/h2-12H2,1H3. The Morgan fingerprint density at radius 1 is 0.905 bits per heavy atom. The van der Waals surface area contributed by atoms with Crippen LogP contribution in [0, 0.1) is 0 Å². The first-order valence-corrected chi connectivity index (χ1v) is 8.74. The molecular weight excluding hydrogens is 284 g/mol. The highest BCUT2D eigenvalue weighted by Gasteiger charge is 2.36. The molecule has 3 rings (SSSR count). The monoisotopic (exact) mass is 308 g/mol. The molecule has 3 nitrogen and oxygen atoms in total. The molecule has 116 valence electrons. The number of aryl methyl sites for hydroxylation is 1. The molecule has 0 bridgehead atoms. The van der Waals surface area contributed by atoms with E-state index in [2.05, 4.69) is 4.98 Å². The molecule has 1 aromatic heterocycles. The van der Waals surface area contributed by atoms with Crippen molar-refractivity contribution < 1.29 is 4.74 Å². The van der Waals surface area contributed by atoms with Gasteiger partial charge in [0.25, 0.3) is 0 Å². The number of hydrogen-bond donors (Lipinski definition) is 0. The number of fused-ring (bicyclic) bond motifs is 1. The topological polar surface area (TPSA) is 35.0 Å². The van der Waals surface area contributed by atoms with E-state index in [0.29, 0.717) is 5.15 Å². The summed E-state index contributed by atoms with van der Waals surface area (Å²) < 4.78 is 5.94. The Bertz CT molecular complexity index is 496. The molecule has 0 spiro atoms. The minimum Gasteiger partial charge on any atom is -0.370 e. The summed E-state index contributed by atoms with van der Waals surface area (Å²) in [6.45, 7) is 0. The van der Waals surface area contributed by atoms with E-state index in [-0.39, 0.29) is 5.60 Å². The molecule has 1 aromatic rings. The number of ether oxygens (including phenoxy) is 1. The largest absolute Gasteiger partial charge is 0.370 e. The Hall–Kier alpha value is -0.670. The number of nitrogens with zero attached hydrogens (tertiary/aromatic N) is 2. The lowest BCUT2D eigenvalue weighted by molar-refractivity contribution is -0.0353. The van der Waals surface area contributed by atoms with Crippen molar-refractivity contribution in [3.8, 4) is 0 Å². The van der Waals surface area contributed by atoms with Crippen LogP contribution in [-0.4, -0.2) is 17.1 Å². The Balaban J connectivity index is 2.00. The Morgan fingerprint density at radius 3 is 2.29 bits per heavy atom. The Labute approximate surface area is 132 Å². The summed E-state index contributed by atoms with van der Waals surface area (Å²) in [6.07, 6.45) is 12.7. The predicted molar refractivity (Wildman–Crippen MR) is 84.7 cm³/mol. The summed E-state index contributed by atoms with van der Waals surface area (Å²) in [5, 5.41) is 0.664. The normalized spacial score (nSPS) is 22.2. The highest BCUT2D eigenvalue weighted by Crippen LogP contribution is 2.38. The molecule has 0 saturated heterocycles. The first kappa shape index (κ1) is 15.2. The van der Waals surface area contributed by atoms with Crippen molar-refractivity contribution in [3.63, 3.8) is 0 Å². The van der Waals surface area contributed by atoms with Gasteiger partial charge in [-0.1, -0.05) is 43.7 Å². The molecule has 0 atom stereocenters. The van der Waals surface area contributed by atoms with Gasteiger partial charge in [-0.25, -0.2) is 9.97 Å². The van der Waals surface area contributed by atoms with Crippen molar-refractivity contribution in [2.45, 2.75) is 76.2 Å². The molecule has 1 heterocycles. The van der Waals surface area contributed by atoms with E-state index in [4.69, 9.17) is 21.3 Å². The van der Waals surface area contributed by atoms with Gasteiger partial charge in [0.2, 0.25) is 0 Å². The van der Waals surface area contributed by atoms with Gasteiger partial charge in [0.15, 0.2) is 5.82 Å². The van der Waals surface area contributed by atoms with Crippen molar-refractivity contribution in [2.24, 2.45) is 0 Å². The predicted octanol–water partition coefficient (Wildman–Crippen LogP) is 4.59. The molecule has 0 radical (unpaired) electrons. The molecule has 0 aliphatic heterocycles. The summed E-state index contributed by atoms with van der Waals surface area (Å²) >= 11 is 6.49. The average molecular weight is 309 g/mol. The summed E-state index contributed by atoms with van der Waals surface area (Å²) in [6, 6.07) is 0. The van der Waals surface area contributed by atoms with Crippen molar-refractivity contribution in [1.82, 2.24) is 9.97 Å². The highest BCUT2D eigenvalue weighted by atomic mass is 35.5. The highest BCUT2D eigenvalue weighted by molar-refractivity contribution is 6.30. The van der Waals surface area contributed by atoms with E-state index in [9.17, 15) is 0 Å². The number of halogens is 1. The van der Waals surface area contributed by atoms with Crippen LogP contribution in [0.2, 0.25) is 5.15 Å². The number of methoxy groups -OCH3 is 1. The third-order valence-electron chi connectivity index (χ3n) is 5.09. The van der Waals surface area contributed by atoms with Crippen molar-refractivity contribution in [2.75, 3.05) is 7.11 Å². The molecule has 2 aliphatic rings. The third kappa shape index (κ3) is 3.09. The van der Waals surface area contributed by atoms with E-state index in [0.717, 1.165) is 31.5 Å². The second kappa shape index (κ2) is 6.62. The molecule has 0 N–H and O–H groups in total. The maximum atomic E-state index is 6.49. The van der Waals surface area contributed by atoms with Gasteiger partial charge < -0.3 is 4.74 Å². The summed E-state index contributed by atoms with van der Waals surface area (Å²) in [5.74, 6) is 0.831. The zero-order chi connectivity index (χ0) is 14.7. The molecule has 0 unspecified atom stereocenters. The Morgan fingerprint density at radius 2 is 1.57 bits per heavy atom. The van der Waals surface area contributed by atoms with E-state index in [1.807, 2.05) is 0 Å². The molecule has 1 saturated carbocycles. The van der Waals surface area contributed by atoms with Gasteiger partial charge in [0.1, 0.15) is 10.8 Å². The van der Waals surface area contributed by atoms with Crippen LogP contribution in [0.4, 0.5) is 0 Å². The van der Waals surface area contributed by atoms with Crippen LogP contribution in [0.1, 0.15) is 74.9 Å². The van der Waals surface area contributed by atoms with Crippen LogP contribution in [0.25, 0.3) is 0 Å². The third-order valence-corrected chi connectivity index (χ3v) is 5.40. The fraction of sp³-hybridized carbons (Fsp3) is 0.765. The minimum atomic E-state index is -0.318. The smallest absolute Gasteiger partial charge is 0.162 e. The molecule has 4 heteroatoms. The number of hydrogen-bond acceptors (Lipinski definition) is 3. The lowest BCUT2D eigenvalue weighted by Gasteiger charge is -2.30. The lowest BCUT2D eigenvalue weighted by atomic mass is 9.92. The molecule has 0 aromatic carbocycles. The van der Waals surface area contributed by atoms with Gasteiger partial charge in [-0.05, 0) is 38.5 Å². The lowest BCUT2D eigenvalue weighted by Crippen LogP contribution is -2.31. The van der Waals surface area contributed by atoms with Crippen LogP contribution >= 0.6 is 11.6 Å². The second-order valence-corrected chi connectivity index (χ2v) is 6.79. The molecule has 1 fully saturated rings. The van der Waals surface area contributed by atoms with Gasteiger partial charge in [-0.3, -0.25) is 0 Å². The number of aromatic nitrogens is 2. The van der Waals surface area contributed by atoms with Crippen LogP contribution in [0.5, 0.6) is 0 Å². The van der Waals surface area contributed by atoms with E-state index in [1.54, 1.807) is 7.11 Å². The summed E-state index contributed by atoms with van der Waals surface area (Å²) in [5.41, 5.74) is 2.03. The van der Waals surface area contributed by atoms with Crippen LogP contribution in [-0.2, 0) is 23.2 Å². The first-order chi connectivity index (χ1) is 10.2. The van der Waals surface area contributed by atoms with Crippen LogP contribution < -0.4 is 0 Å². The first-order valence-electron chi connectivity index (χ1n) is 8.36. The van der Waals surface area contributed by atoms with Gasteiger partial charge in [0, 0.05) is 18.4 Å². The second-order valence-electron chi connectivity index (χ2n) is 6.44. The van der Waals surface area contributed by atoms with E-state index < -0.39 is 0 Å². The van der Waals surface area contributed by atoms with Crippen LogP contribution in [0.3, 0.4) is 0 Å². The van der Waals surface area contributed by atoms with Gasteiger partial charge >= 0.3 is 0 Å². The van der Waals surface area contributed by atoms with Crippen molar-refractivity contribution in [1.29, 1.82) is 0 Å². The van der Waals surface area contributed by atoms with Crippen molar-refractivity contribution in [3.05, 3.63) is 22.2 Å². The maximum absolute atomic E-state index is 6.49. The molecule has 0 amide bonds. The molecule has 2 aliphatic carbocycles. The zero-order valence-electron chi connectivity index (χ0n) is 13.0. The van der Waals surface area contributed by atoms with Crippen molar-refractivity contribution >= 4 is 11.6 Å². The molecule has 21 heavy (non-hydrogen) atoms. The quantitative estimate of drug-likeness (QED) is 0.455. The van der Waals surface area contributed by atoms with Gasteiger partial charge in [-0.2, -0.15) is 0 Å². The maximum Gasteiger partial charge on any atom is 0.162 e. The van der Waals surface area contributed by atoms with Crippen LogP contribution in [0.15, 0.2) is 0 Å². The Kier molecular flexibility index (Phi) is 4.80. The van der Waals surface area contributed by atoms with Gasteiger partial charge in [0.05, 0.1) is 0 Å². The molecular formula is C17H25ClN2O. The average Bonchev–Trinajstić information content (AvgIpc) is 2.88. The number of rotatable bonds is 2. The van der Waals surface area contributed by atoms with E-state index >= 15 is 0 Å².